The number of carbonyl (C=O) groups excluding carboxylic acids is 2. The van der Waals surface area contributed by atoms with E-state index in [1.165, 1.54) is 0 Å². The maximum atomic E-state index is 13.4. The van der Waals surface area contributed by atoms with Crippen molar-refractivity contribution in [1.29, 1.82) is 0 Å². The highest BCUT2D eigenvalue weighted by Gasteiger charge is 2.46. The Balaban J connectivity index is 1.61. The van der Waals surface area contributed by atoms with Gasteiger partial charge >= 0.3 is 0 Å². The Morgan fingerprint density at radius 2 is 1.94 bits per heavy atom. The van der Waals surface area contributed by atoms with E-state index in [9.17, 15) is 9.59 Å². The summed E-state index contributed by atoms with van der Waals surface area (Å²) in [4.78, 5) is 36.8. The highest BCUT2D eigenvalue weighted by atomic mass is 16.2. The van der Waals surface area contributed by atoms with Gasteiger partial charge in [0.05, 0.1) is 17.9 Å². The van der Waals surface area contributed by atoms with Crippen LogP contribution in [0, 0.1) is 5.41 Å². The van der Waals surface area contributed by atoms with E-state index in [1.54, 1.807) is 23.6 Å². The van der Waals surface area contributed by atoms with E-state index < -0.39 is 5.41 Å². The molecule has 1 fully saturated rings. The van der Waals surface area contributed by atoms with Crippen molar-refractivity contribution in [3.05, 3.63) is 72.6 Å². The van der Waals surface area contributed by atoms with Gasteiger partial charge in [-0.25, -0.2) is 4.98 Å². The van der Waals surface area contributed by atoms with Crippen molar-refractivity contribution in [2.75, 3.05) is 13.1 Å². The van der Waals surface area contributed by atoms with Gasteiger partial charge in [0.2, 0.25) is 5.91 Å². The molecule has 1 aliphatic rings. The molecule has 33 heavy (non-hydrogen) atoms. The fraction of sp³-hybridized carbons (Fsp3) is 0.385. The lowest BCUT2D eigenvalue weighted by atomic mass is 9.79. The van der Waals surface area contributed by atoms with Gasteiger partial charge in [-0.1, -0.05) is 30.3 Å². The van der Waals surface area contributed by atoms with Crippen molar-refractivity contribution in [2.45, 2.75) is 46.2 Å². The molecule has 7 nitrogen and oxygen atoms in total. The summed E-state index contributed by atoms with van der Waals surface area (Å²) in [7, 11) is 0. The molecule has 0 spiro atoms. The molecule has 2 amide bonds. The summed E-state index contributed by atoms with van der Waals surface area (Å²) >= 11 is 0. The molecule has 3 aromatic rings. The summed E-state index contributed by atoms with van der Waals surface area (Å²) in [6.07, 6.45) is 8.06. The minimum Gasteiger partial charge on any atom is -0.353 e. The van der Waals surface area contributed by atoms with Crippen molar-refractivity contribution in [3.8, 4) is 11.1 Å². The number of rotatable bonds is 7. The first-order valence-corrected chi connectivity index (χ1v) is 11.5. The van der Waals surface area contributed by atoms with Gasteiger partial charge < -0.3 is 14.8 Å². The van der Waals surface area contributed by atoms with Crippen LogP contribution in [0.25, 0.3) is 11.1 Å². The third-order valence-electron chi connectivity index (χ3n) is 6.28. The number of aryl methyl sites for hydroxylation is 1. The van der Waals surface area contributed by atoms with Crippen LogP contribution in [0.2, 0.25) is 0 Å². The third-order valence-corrected chi connectivity index (χ3v) is 6.28. The molecule has 0 radical (unpaired) electrons. The molecule has 0 saturated carbocycles. The second-order valence-electron chi connectivity index (χ2n) is 9.07. The molecule has 1 N–H and O–H groups in total. The lowest BCUT2D eigenvalue weighted by molar-refractivity contribution is -0.130. The predicted molar refractivity (Wildman–Crippen MR) is 128 cm³/mol. The monoisotopic (exact) mass is 445 g/mol. The maximum absolute atomic E-state index is 13.4. The van der Waals surface area contributed by atoms with Gasteiger partial charge in [0.1, 0.15) is 5.69 Å². The van der Waals surface area contributed by atoms with Gasteiger partial charge in [0.15, 0.2) is 0 Å². The topological polar surface area (TPSA) is 80.1 Å². The molecule has 7 heteroatoms. The van der Waals surface area contributed by atoms with Gasteiger partial charge in [-0.05, 0) is 56.4 Å². The molecule has 172 valence electrons. The van der Waals surface area contributed by atoms with Crippen LogP contribution in [0.4, 0.5) is 0 Å². The van der Waals surface area contributed by atoms with Crippen molar-refractivity contribution in [1.82, 2.24) is 24.8 Å². The molecule has 2 aromatic heterocycles. The number of benzene rings is 1. The minimum atomic E-state index is -0.676. The number of carbonyl (C=O) groups is 2. The maximum Gasteiger partial charge on any atom is 0.272 e. The average molecular weight is 446 g/mol. The molecule has 1 aliphatic heterocycles. The summed E-state index contributed by atoms with van der Waals surface area (Å²) in [5, 5.41) is 3.10. The third kappa shape index (κ3) is 4.82. The molecule has 1 aromatic carbocycles. The smallest absolute Gasteiger partial charge is 0.272 e. The fourth-order valence-electron chi connectivity index (χ4n) is 4.57. The van der Waals surface area contributed by atoms with Crippen LogP contribution < -0.4 is 5.32 Å². The number of hydrogen-bond acceptors (Lipinski definition) is 4. The Morgan fingerprint density at radius 1 is 1.12 bits per heavy atom. The first kappa shape index (κ1) is 22.7. The molecule has 3 heterocycles. The van der Waals surface area contributed by atoms with E-state index in [-0.39, 0.29) is 17.9 Å². The lowest BCUT2D eigenvalue weighted by Crippen LogP contribution is -2.47. The number of nitrogens with one attached hydrogen (secondary N) is 1. The molecule has 4 rings (SSSR count). The van der Waals surface area contributed by atoms with Crippen molar-refractivity contribution in [2.24, 2.45) is 5.41 Å². The Bertz CT molecular complexity index is 1120. The molecule has 0 unspecified atom stereocenters. The largest absolute Gasteiger partial charge is 0.353 e. The zero-order valence-electron chi connectivity index (χ0n) is 19.5. The Labute approximate surface area is 194 Å². The van der Waals surface area contributed by atoms with Crippen LogP contribution in [0.1, 0.15) is 43.2 Å². The summed E-state index contributed by atoms with van der Waals surface area (Å²) < 4.78 is 1.84. The van der Waals surface area contributed by atoms with Crippen LogP contribution in [0.3, 0.4) is 0 Å². The number of aromatic nitrogens is 3. The number of nitrogens with zero attached hydrogens (tertiary/aromatic N) is 4. The standard InChI is InChI=1S/C26H31N5O2/c1-4-30-18-28-16-23(30)24(32)31-12-10-26(17-31,25(33)29-19(2)3)14-20-7-5-8-21(13-20)22-9-6-11-27-15-22/h5-9,11,13,15-16,18-19H,4,10,12,14,17H2,1-3H3,(H,29,33)/t26-/m0/s1. The summed E-state index contributed by atoms with van der Waals surface area (Å²) in [5.41, 5.74) is 3.07. The van der Waals surface area contributed by atoms with Crippen molar-refractivity contribution in [3.63, 3.8) is 0 Å². The van der Waals surface area contributed by atoms with E-state index in [0.29, 0.717) is 38.2 Å². The molecule has 1 saturated heterocycles. The first-order valence-electron chi connectivity index (χ1n) is 11.5. The van der Waals surface area contributed by atoms with Crippen LogP contribution in [0.5, 0.6) is 0 Å². The van der Waals surface area contributed by atoms with Crippen LogP contribution in [0.15, 0.2) is 61.3 Å². The average Bonchev–Trinajstić information content (AvgIpc) is 3.47. The van der Waals surface area contributed by atoms with Gasteiger partial charge in [0.25, 0.3) is 5.91 Å². The van der Waals surface area contributed by atoms with Crippen LogP contribution in [-0.2, 0) is 17.8 Å². The Kier molecular flexibility index (Phi) is 6.58. The van der Waals surface area contributed by atoms with E-state index >= 15 is 0 Å². The van der Waals surface area contributed by atoms with Gasteiger partial charge in [-0.3, -0.25) is 14.6 Å². The summed E-state index contributed by atoms with van der Waals surface area (Å²) in [6.45, 7) is 7.52. The molecular weight excluding hydrogens is 414 g/mol. The van der Waals surface area contributed by atoms with E-state index in [2.05, 4.69) is 33.5 Å². The predicted octanol–water partition coefficient (Wildman–Crippen LogP) is 3.56. The van der Waals surface area contributed by atoms with E-state index in [1.807, 2.05) is 49.7 Å². The van der Waals surface area contributed by atoms with Gasteiger partial charge in [-0.2, -0.15) is 0 Å². The SMILES string of the molecule is CCn1cncc1C(=O)N1CC[C@@](Cc2cccc(-c3cccnc3)c2)(C(=O)NC(C)C)C1. The highest BCUT2D eigenvalue weighted by Crippen LogP contribution is 2.36. The van der Waals surface area contributed by atoms with E-state index in [4.69, 9.17) is 0 Å². The number of hydrogen-bond donors (Lipinski definition) is 1. The Morgan fingerprint density at radius 3 is 2.67 bits per heavy atom. The Hall–Kier alpha value is -3.48. The van der Waals surface area contributed by atoms with Crippen molar-refractivity contribution < 1.29 is 9.59 Å². The normalized spacial score (nSPS) is 18.0. The number of likely N-dealkylation sites (tertiary alicyclic amines) is 1. The second kappa shape index (κ2) is 9.57. The molecule has 0 aliphatic carbocycles. The summed E-state index contributed by atoms with van der Waals surface area (Å²) in [5.74, 6) is -0.0683. The van der Waals surface area contributed by atoms with Gasteiger partial charge in [0, 0.05) is 38.1 Å². The zero-order valence-corrected chi connectivity index (χ0v) is 19.5. The van der Waals surface area contributed by atoms with Crippen LogP contribution in [-0.4, -0.2) is 50.4 Å². The lowest BCUT2D eigenvalue weighted by Gasteiger charge is -2.29. The quantitative estimate of drug-likeness (QED) is 0.603. The number of pyridine rings is 1. The van der Waals surface area contributed by atoms with E-state index in [0.717, 1.165) is 16.7 Å². The minimum absolute atomic E-state index is 0.00331. The molecule has 1 atom stereocenters. The molecule has 0 bridgehead atoms. The highest BCUT2D eigenvalue weighted by molar-refractivity contribution is 5.94. The first-order chi connectivity index (χ1) is 15.9. The molecular formula is C26H31N5O2. The fourth-order valence-corrected chi connectivity index (χ4v) is 4.57. The second-order valence-corrected chi connectivity index (χ2v) is 9.07. The van der Waals surface area contributed by atoms with Crippen LogP contribution >= 0.6 is 0 Å². The zero-order chi connectivity index (χ0) is 23.4. The van der Waals surface area contributed by atoms with Gasteiger partial charge in [-0.15, -0.1) is 0 Å². The summed E-state index contributed by atoms with van der Waals surface area (Å²) in [6, 6.07) is 12.2. The van der Waals surface area contributed by atoms with Crippen molar-refractivity contribution >= 4 is 11.8 Å². The number of imidazole rings is 1. The number of amides is 2.